The maximum atomic E-state index is 11.5. The molecular formula is C20H24N6O2. The Morgan fingerprint density at radius 1 is 1.11 bits per heavy atom. The lowest BCUT2D eigenvalue weighted by atomic mass is 10.1. The quantitative estimate of drug-likeness (QED) is 0.514. The number of aromatic nitrogens is 3. The number of ether oxygens (including phenoxy) is 1. The molecule has 0 bridgehead atoms. The van der Waals surface area contributed by atoms with Gasteiger partial charge in [0.05, 0.1) is 11.2 Å². The number of carbonyl (C=O) groups is 1. The van der Waals surface area contributed by atoms with Crippen LogP contribution in [0, 0.1) is 0 Å². The molecule has 0 aliphatic rings. The van der Waals surface area contributed by atoms with Crippen LogP contribution in [0.2, 0.25) is 0 Å². The van der Waals surface area contributed by atoms with E-state index in [1.54, 1.807) is 7.11 Å². The van der Waals surface area contributed by atoms with Gasteiger partial charge >= 0.3 is 0 Å². The fourth-order valence-electron chi connectivity index (χ4n) is 2.71. The van der Waals surface area contributed by atoms with Crippen LogP contribution in [-0.4, -0.2) is 41.1 Å². The molecule has 3 rings (SSSR count). The Hall–Kier alpha value is -3.26. The van der Waals surface area contributed by atoms with E-state index in [1.807, 2.05) is 43.3 Å². The molecule has 0 atom stereocenters. The van der Waals surface area contributed by atoms with E-state index in [2.05, 4.69) is 20.6 Å². The monoisotopic (exact) mass is 380 g/mol. The summed E-state index contributed by atoms with van der Waals surface area (Å²) in [6.45, 7) is 3.17. The van der Waals surface area contributed by atoms with Crippen LogP contribution in [0.15, 0.2) is 36.4 Å². The molecule has 2 aromatic heterocycles. The minimum Gasteiger partial charge on any atom is -0.385 e. The zero-order valence-corrected chi connectivity index (χ0v) is 16.0. The van der Waals surface area contributed by atoms with Gasteiger partial charge in [0.1, 0.15) is 5.52 Å². The lowest BCUT2D eigenvalue weighted by molar-refractivity contribution is -0.115. The van der Waals surface area contributed by atoms with Gasteiger partial charge in [-0.05, 0) is 30.7 Å². The van der Waals surface area contributed by atoms with Gasteiger partial charge in [0.25, 0.3) is 0 Å². The predicted octanol–water partition coefficient (Wildman–Crippen LogP) is 3.07. The molecule has 146 valence electrons. The van der Waals surface area contributed by atoms with Crippen LogP contribution in [0.25, 0.3) is 22.3 Å². The zero-order chi connectivity index (χ0) is 19.9. The van der Waals surface area contributed by atoms with E-state index >= 15 is 0 Å². The number of hydrogen-bond donors (Lipinski definition) is 3. The third kappa shape index (κ3) is 4.72. The van der Waals surface area contributed by atoms with Gasteiger partial charge in [0.2, 0.25) is 11.9 Å². The van der Waals surface area contributed by atoms with E-state index in [1.165, 1.54) is 0 Å². The molecule has 0 saturated carbocycles. The molecule has 8 nitrogen and oxygen atoms in total. The molecule has 4 N–H and O–H groups in total. The molecule has 0 aliphatic carbocycles. The largest absolute Gasteiger partial charge is 0.385 e. The first-order valence-electron chi connectivity index (χ1n) is 9.18. The summed E-state index contributed by atoms with van der Waals surface area (Å²) in [5, 5.41) is 6.09. The number of nitrogens with two attached hydrogens (primary N) is 1. The van der Waals surface area contributed by atoms with Crippen molar-refractivity contribution in [1.29, 1.82) is 0 Å². The van der Waals surface area contributed by atoms with Crippen LogP contribution in [-0.2, 0) is 9.53 Å². The van der Waals surface area contributed by atoms with Crippen molar-refractivity contribution in [2.75, 3.05) is 36.6 Å². The molecule has 0 saturated heterocycles. The van der Waals surface area contributed by atoms with Crippen molar-refractivity contribution in [2.24, 2.45) is 0 Å². The lowest BCUT2D eigenvalue weighted by Crippen LogP contribution is -2.09. The fraction of sp³-hybridized carbons (Fsp3) is 0.300. The first-order valence-corrected chi connectivity index (χ1v) is 9.18. The number of anilines is 3. The number of nitrogen functional groups attached to an aromatic ring is 1. The van der Waals surface area contributed by atoms with Crippen LogP contribution >= 0.6 is 0 Å². The van der Waals surface area contributed by atoms with Crippen molar-refractivity contribution in [3.8, 4) is 11.3 Å². The highest BCUT2D eigenvalue weighted by atomic mass is 16.5. The van der Waals surface area contributed by atoms with Crippen LogP contribution in [0.1, 0.15) is 19.8 Å². The number of pyridine rings is 1. The fourth-order valence-corrected chi connectivity index (χ4v) is 2.71. The van der Waals surface area contributed by atoms with Crippen molar-refractivity contribution >= 4 is 34.4 Å². The van der Waals surface area contributed by atoms with Crippen molar-refractivity contribution in [1.82, 2.24) is 15.0 Å². The van der Waals surface area contributed by atoms with Gasteiger partial charge in [-0.15, -0.1) is 0 Å². The van der Waals surface area contributed by atoms with E-state index in [0.717, 1.165) is 23.4 Å². The van der Waals surface area contributed by atoms with E-state index in [0.29, 0.717) is 36.4 Å². The van der Waals surface area contributed by atoms with Crippen LogP contribution < -0.4 is 16.4 Å². The zero-order valence-electron chi connectivity index (χ0n) is 16.0. The predicted molar refractivity (Wildman–Crippen MR) is 111 cm³/mol. The summed E-state index contributed by atoms with van der Waals surface area (Å²) in [4.78, 5) is 24.8. The average molecular weight is 380 g/mol. The van der Waals surface area contributed by atoms with Gasteiger partial charge in [0.15, 0.2) is 5.82 Å². The Labute approximate surface area is 163 Å². The summed E-state index contributed by atoms with van der Waals surface area (Å²) in [7, 11) is 1.67. The third-order valence-corrected chi connectivity index (χ3v) is 4.16. The number of benzene rings is 1. The number of carbonyl (C=O) groups excluding carboxylic acids is 1. The second kappa shape index (κ2) is 9.09. The SMILES string of the molecule is CCC(=O)Nc1ccc(-c2ccc3nc(N)nc(NCCCOC)c3n2)cc1. The number of fused-ring (bicyclic) bond motifs is 1. The molecule has 1 amide bonds. The maximum Gasteiger partial charge on any atom is 0.224 e. The van der Waals surface area contributed by atoms with E-state index < -0.39 is 0 Å². The van der Waals surface area contributed by atoms with E-state index in [-0.39, 0.29) is 11.9 Å². The number of hydrogen-bond acceptors (Lipinski definition) is 7. The van der Waals surface area contributed by atoms with Crippen LogP contribution in [0.4, 0.5) is 17.5 Å². The van der Waals surface area contributed by atoms with Gasteiger partial charge in [-0.25, -0.2) is 9.97 Å². The summed E-state index contributed by atoms with van der Waals surface area (Å²) in [6, 6.07) is 11.3. The maximum absolute atomic E-state index is 11.5. The first-order chi connectivity index (χ1) is 13.6. The highest BCUT2D eigenvalue weighted by Gasteiger charge is 2.10. The molecule has 3 aromatic rings. The molecule has 8 heteroatoms. The Balaban J connectivity index is 1.88. The van der Waals surface area contributed by atoms with Crippen molar-refractivity contribution in [3.05, 3.63) is 36.4 Å². The number of methoxy groups -OCH3 is 1. The minimum atomic E-state index is -0.0180. The standard InChI is InChI=1S/C20H24N6O2/c1-3-17(27)23-14-7-5-13(6-8-14)15-9-10-16-18(24-15)19(26-20(21)25-16)22-11-4-12-28-2/h5-10H,3-4,11-12H2,1-2H3,(H,23,27)(H3,21,22,25,26). The Morgan fingerprint density at radius 2 is 1.89 bits per heavy atom. The van der Waals surface area contributed by atoms with Gasteiger partial charge in [-0.1, -0.05) is 19.1 Å². The molecule has 1 aromatic carbocycles. The van der Waals surface area contributed by atoms with Gasteiger partial charge in [-0.3, -0.25) is 4.79 Å². The third-order valence-electron chi connectivity index (χ3n) is 4.16. The Morgan fingerprint density at radius 3 is 2.61 bits per heavy atom. The number of nitrogens with zero attached hydrogens (tertiary/aromatic N) is 3. The molecule has 0 unspecified atom stereocenters. The highest BCUT2D eigenvalue weighted by Crippen LogP contribution is 2.25. The molecular weight excluding hydrogens is 356 g/mol. The summed E-state index contributed by atoms with van der Waals surface area (Å²) < 4.78 is 5.07. The van der Waals surface area contributed by atoms with E-state index in [9.17, 15) is 4.79 Å². The molecule has 0 fully saturated rings. The first kappa shape index (κ1) is 19.5. The highest BCUT2D eigenvalue weighted by molar-refractivity contribution is 5.91. The van der Waals surface area contributed by atoms with Crippen LogP contribution in [0.5, 0.6) is 0 Å². The summed E-state index contributed by atoms with van der Waals surface area (Å²) in [6.07, 6.45) is 1.28. The Bertz CT molecular complexity index is 959. The molecule has 0 aliphatic heterocycles. The van der Waals surface area contributed by atoms with Gasteiger partial charge in [-0.2, -0.15) is 4.98 Å². The number of amides is 1. The summed E-state index contributed by atoms with van der Waals surface area (Å²) in [5.74, 6) is 0.787. The van der Waals surface area contributed by atoms with Crippen molar-refractivity contribution in [3.63, 3.8) is 0 Å². The van der Waals surface area contributed by atoms with Crippen LogP contribution in [0.3, 0.4) is 0 Å². The van der Waals surface area contributed by atoms with Crippen molar-refractivity contribution in [2.45, 2.75) is 19.8 Å². The average Bonchev–Trinajstić information content (AvgIpc) is 2.71. The number of rotatable bonds is 8. The smallest absolute Gasteiger partial charge is 0.224 e. The van der Waals surface area contributed by atoms with Gasteiger partial charge < -0.3 is 21.1 Å². The lowest BCUT2D eigenvalue weighted by Gasteiger charge is -2.10. The molecule has 2 heterocycles. The summed E-state index contributed by atoms with van der Waals surface area (Å²) >= 11 is 0. The topological polar surface area (TPSA) is 115 Å². The number of nitrogens with one attached hydrogen (secondary N) is 2. The minimum absolute atomic E-state index is 0.0180. The van der Waals surface area contributed by atoms with Gasteiger partial charge in [0, 0.05) is 37.9 Å². The molecule has 0 spiro atoms. The molecule has 28 heavy (non-hydrogen) atoms. The Kier molecular flexibility index (Phi) is 6.33. The van der Waals surface area contributed by atoms with E-state index in [4.69, 9.17) is 15.5 Å². The second-order valence-corrected chi connectivity index (χ2v) is 6.25. The summed E-state index contributed by atoms with van der Waals surface area (Å²) in [5.41, 5.74) is 9.63. The molecule has 0 radical (unpaired) electrons. The van der Waals surface area contributed by atoms with Crippen molar-refractivity contribution < 1.29 is 9.53 Å². The second-order valence-electron chi connectivity index (χ2n) is 6.25. The normalized spacial score (nSPS) is 10.8.